The van der Waals surface area contributed by atoms with Gasteiger partial charge in [0.05, 0.1) is 25.7 Å². The molecule has 0 saturated carbocycles. The zero-order chi connectivity index (χ0) is 22.9. The van der Waals surface area contributed by atoms with Crippen LogP contribution in [0, 0.1) is 5.92 Å². The van der Waals surface area contributed by atoms with Crippen molar-refractivity contribution in [1.82, 2.24) is 4.90 Å². The number of anilines is 2. The van der Waals surface area contributed by atoms with Gasteiger partial charge in [-0.1, -0.05) is 50.6 Å². The summed E-state index contributed by atoms with van der Waals surface area (Å²) in [6.07, 6.45) is 0.893. The molecule has 1 heterocycles. The van der Waals surface area contributed by atoms with Crippen molar-refractivity contribution < 1.29 is 14.3 Å². The lowest BCUT2D eigenvalue weighted by Crippen LogP contribution is -2.42. The fraction of sp³-hybridized carbons (Fsp3) is 0.462. The molecule has 0 bridgehead atoms. The second kappa shape index (κ2) is 11.7. The number of nitrogens with zero attached hydrogens (tertiary/aromatic N) is 2. The van der Waals surface area contributed by atoms with Crippen molar-refractivity contribution in [2.24, 2.45) is 5.92 Å². The molecule has 0 radical (unpaired) electrons. The molecule has 32 heavy (non-hydrogen) atoms. The number of rotatable bonds is 9. The molecule has 1 saturated heterocycles. The van der Waals surface area contributed by atoms with Crippen LogP contribution in [0.5, 0.6) is 0 Å². The van der Waals surface area contributed by atoms with Gasteiger partial charge < -0.3 is 19.9 Å². The van der Waals surface area contributed by atoms with Gasteiger partial charge in [0.2, 0.25) is 11.8 Å². The van der Waals surface area contributed by atoms with E-state index in [2.05, 4.69) is 24.1 Å². The Balaban J connectivity index is 1.63. The number of carbonyl (C=O) groups is 2. The molecule has 6 nitrogen and oxygen atoms in total. The largest absolute Gasteiger partial charge is 0.378 e. The molecule has 1 N–H and O–H groups in total. The number of nitrogens with one attached hydrogen (secondary N) is 1. The molecule has 2 aromatic carbocycles. The highest BCUT2D eigenvalue weighted by molar-refractivity contribution is 5.95. The highest BCUT2D eigenvalue weighted by Crippen LogP contribution is 2.29. The van der Waals surface area contributed by atoms with E-state index in [-0.39, 0.29) is 30.2 Å². The van der Waals surface area contributed by atoms with E-state index in [9.17, 15) is 9.59 Å². The Morgan fingerprint density at radius 3 is 2.28 bits per heavy atom. The molecule has 1 aliphatic heterocycles. The third-order valence-electron chi connectivity index (χ3n) is 6.19. The Kier molecular flexibility index (Phi) is 8.68. The number of carbonyl (C=O) groups excluding carboxylic acids is 2. The molecule has 172 valence electrons. The van der Waals surface area contributed by atoms with Gasteiger partial charge in [-0.05, 0) is 42.7 Å². The van der Waals surface area contributed by atoms with E-state index in [1.165, 1.54) is 0 Å². The van der Waals surface area contributed by atoms with Crippen molar-refractivity contribution in [3.8, 4) is 0 Å². The zero-order valence-corrected chi connectivity index (χ0v) is 19.4. The molecule has 0 spiro atoms. The first-order chi connectivity index (χ1) is 15.5. The lowest BCUT2D eigenvalue weighted by atomic mass is 9.84. The summed E-state index contributed by atoms with van der Waals surface area (Å²) >= 11 is 0. The summed E-state index contributed by atoms with van der Waals surface area (Å²) in [5.74, 6) is -0.238. The monoisotopic (exact) mass is 437 g/mol. The smallest absolute Gasteiger partial charge is 0.243 e. The van der Waals surface area contributed by atoms with Gasteiger partial charge in [0.1, 0.15) is 0 Å². The number of benzene rings is 2. The summed E-state index contributed by atoms with van der Waals surface area (Å²) in [6, 6.07) is 17.7. The van der Waals surface area contributed by atoms with Crippen LogP contribution >= 0.6 is 0 Å². The van der Waals surface area contributed by atoms with E-state index in [4.69, 9.17) is 4.74 Å². The third-order valence-corrected chi connectivity index (χ3v) is 6.19. The van der Waals surface area contributed by atoms with E-state index < -0.39 is 0 Å². The number of hydrogen-bond acceptors (Lipinski definition) is 4. The summed E-state index contributed by atoms with van der Waals surface area (Å²) < 4.78 is 5.40. The maximum atomic E-state index is 13.4. The Morgan fingerprint density at radius 2 is 1.69 bits per heavy atom. The number of hydrogen-bond donors (Lipinski definition) is 1. The quantitative estimate of drug-likeness (QED) is 0.641. The molecule has 0 aliphatic carbocycles. The van der Waals surface area contributed by atoms with E-state index in [1.807, 2.05) is 61.5 Å². The molecule has 6 heteroatoms. The number of ether oxygens (including phenoxy) is 1. The van der Waals surface area contributed by atoms with Crippen molar-refractivity contribution in [3.05, 3.63) is 60.2 Å². The van der Waals surface area contributed by atoms with Gasteiger partial charge in [-0.15, -0.1) is 0 Å². The third kappa shape index (κ3) is 6.10. The van der Waals surface area contributed by atoms with Crippen LogP contribution in [0.15, 0.2) is 54.6 Å². The van der Waals surface area contributed by atoms with Crippen LogP contribution in [0.4, 0.5) is 11.4 Å². The predicted octanol–water partition coefficient (Wildman–Crippen LogP) is 4.14. The maximum Gasteiger partial charge on any atom is 0.243 e. The molecule has 2 amide bonds. The van der Waals surface area contributed by atoms with Crippen LogP contribution in [0.1, 0.15) is 38.7 Å². The second-order valence-electron chi connectivity index (χ2n) is 8.32. The average Bonchev–Trinajstić information content (AvgIpc) is 2.84. The van der Waals surface area contributed by atoms with Gasteiger partial charge in [-0.3, -0.25) is 9.59 Å². The highest BCUT2D eigenvalue weighted by atomic mass is 16.5. The Labute approximate surface area is 191 Å². The van der Waals surface area contributed by atoms with Crippen molar-refractivity contribution >= 4 is 23.2 Å². The van der Waals surface area contributed by atoms with Crippen LogP contribution in [0.2, 0.25) is 0 Å². The van der Waals surface area contributed by atoms with Gasteiger partial charge in [0.15, 0.2) is 0 Å². The van der Waals surface area contributed by atoms with Crippen LogP contribution in [-0.4, -0.2) is 56.1 Å². The first-order valence-corrected chi connectivity index (χ1v) is 11.6. The van der Waals surface area contributed by atoms with Gasteiger partial charge in [-0.25, -0.2) is 0 Å². The standard InChI is InChI=1S/C26H35N3O3/c1-4-20(3)25(21-9-7-6-8-10-21)26(31)28(5-2)19-24(30)27-22-11-13-23(14-12-22)29-15-17-32-18-16-29/h6-14,20,25H,4-5,15-19H2,1-3H3,(H,27,30). The average molecular weight is 438 g/mol. The van der Waals surface area contributed by atoms with Gasteiger partial charge >= 0.3 is 0 Å². The Bertz CT molecular complexity index is 864. The fourth-order valence-corrected chi connectivity index (χ4v) is 4.10. The first kappa shape index (κ1) is 23.8. The molecule has 2 aromatic rings. The van der Waals surface area contributed by atoms with E-state index in [0.29, 0.717) is 6.54 Å². The van der Waals surface area contributed by atoms with E-state index in [1.54, 1.807) is 4.90 Å². The molecule has 0 aromatic heterocycles. The van der Waals surface area contributed by atoms with Crippen molar-refractivity contribution in [2.45, 2.75) is 33.1 Å². The van der Waals surface area contributed by atoms with Crippen LogP contribution in [0.3, 0.4) is 0 Å². The fourth-order valence-electron chi connectivity index (χ4n) is 4.10. The van der Waals surface area contributed by atoms with Crippen molar-refractivity contribution in [3.63, 3.8) is 0 Å². The minimum Gasteiger partial charge on any atom is -0.378 e. The lowest BCUT2D eigenvalue weighted by molar-refractivity contribution is -0.136. The number of likely N-dealkylation sites (N-methyl/N-ethyl adjacent to an activating group) is 1. The molecular weight excluding hydrogens is 402 g/mol. The minimum absolute atomic E-state index is 0.00543. The van der Waals surface area contributed by atoms with Crippen LogP contribution < -0.4 is 10.2 Å². The highest BCUT2D eigenvalue weighted by Gasteiger charge is 2.30. The van der Waals surface area contributed by atoms with Crippen molar-refractivity contribution in [2.75, 3.05) is 49.6 Å². The van der Waals surface area contributed by atoms with Crippen LogP contribution in [0.25, 0.3) is 0 Å². The molecule has 1 fully saturated rings. The summed E-state index contributed by atoms with van der Waals surface area (Å²) in [5, 5.41) is 2.94. The molecule has 2 unspecified atom stereocenters. The summed E-state index contributed by atoms with van der Waals surface area (Å²) in [4.78, 5) is 30.1. The molecule has 2 atom stereocenters. The SMILES string of the molecule is CCC(C)C(C(=O)N(CC)CC(=O)Nc1ccc(N2CCOCC2)cc1)c1ccccc1. The lowest BCUT2D eigenvalue weighted by Gasteiger charge is -2.29. The van der Waals surface area contributed by atoms with Crippen molar-refractivity contribution in [1.29, 1.82) is 0 Å². The van der Waals surface area contributed by atoms with Crippen LogP contribution in [-0.2, 0) is 14.3 Å². The number of morpholine rings is 1. The normalized spacial score (nSPS) is 15.7. The van der Waals surface area contributed by atoms with Gasteiger partial charge in [0, 0.05) is 31.0 Å². The van der Waals surface area contributed by atoms with Gasteiger partial charge in [0.25, 0.3) is 0 Å². The summed E-state index contributed by atoms with van der Waals surface area (Å²) in [7, 11) is 0. The topological polar surface area (TPSA) is 61.9 Å². The maximum absolute atomic E-state index is 13.4. The Hall–Kier alpha value is -2.86. The molecule has 3 rings (SSSR count). The van der Waals surface area contributed by atoms with Gasteiger partial charge in [-0.2, -0.15) is 0 Å². The summed E-state index contributed by atoms with van der Waals surface area (Å²) in [5.41, 5.74) is 2.86. The van der Waals surface area contributed by atoms with E-state index >= 15 is 0 Å². The predicted molar refractivity (Wildman–Crippen MR) is 129 cm³/mol. The first-order valence-electron chi connectivity index (χ1n) is 11.6. The second-order valence-corrected chi connectivity index (χ2v) is 8.32. The zero-order valence-electron chi connectivity index (χ0n) is 19.4. The molecule has 1 aliphatic rings. The number of amides is 2. The summed E-state index contributed by atoms with van der Waals surface area (Å²) in [6.45, 7) is 9.86. The minimum atomic E-state index is -0.248. The molecular formula is C26H35N3O3. The van der Waals surface area contributed by atoms with E-state index in [0.717, 1.165) is 49.7 Å². The Morgan fingerprint density at radius 1 is 1.03 bits per heavy atom.